The van der Waals surface area contributed by atoms with Crippen molar-refractivity contribution in [1.82, 2.24) is 4.98 Å². The van der Waals surface area contributed by atoms with Crippen LogP contribution in [0.5, 0.6) is 0 Å². The number of hydrogen-bond donors (Lipinski definition) is 2. The molecule has 3 N–H and O–H groups in total. The highest BCUT2D eigenvalue weighted by molar-refractivity contribution is 7.80. The number of pyridine rings is 1. The molecule has 0 bridgehead atoms. The summed E-state index contributed by atoms with van der Waals surface area (Å²) in [6.07, 6.45) is 0.956. The molecule has 4 heteroatoms. The summed E-state index contributed by atoms with van der Waals surface area (Å²) in [6, 6.07) is 12.4. The van der Waals surface area contributed by atoms with Gasteiger partial charge >= 0.3 is 0 Å². The first-order valence-electron chi connectivity index (χ1n) is 6.64. The Morgan fingerprint density at radius 1 is 1.25 bits per heavy atom. The molecule has 2 aromatic rings. The minimum absolute atomic E-state index is 0.386. The van der Waals surface area contributed by atoms with E-state index in [1.165, 1.54) is 5.56 Å². The standard InChI is InChI=1S/C16H19N3S/c1-11-10-14(15(16(17)20)12(2)19-11)18-9-8-13-6-4-3-5-7-13/h3-7,10H,8-9H2,1-2H3,(H2,17,20)(H,18,19). The number of thiocarbonyl (C=S) groups is 1. The zero-order valence-corrected chi connectivity index (χ0v) is 12.6. The van der Waals surface area contributed by atoms with Gasteiger partial charge in [0.05, 0.1) is 5.56 Å². The van der Waals surface area contributed by atoms with Gasteiger partial charge in [0.1, 0.15) is 4.99 Å². The quantitative estimate of drug-likeness (QED) is 0.829. The maximum atomic E-state index is 5.80. The number of aromatic nitrogens is 1. The molecule has 0 aliphatic rings. The van der Waals surface area contributed by atoms with Crippen LogP contribution in [0.2, 0.25) is 0 Å². The van der Waals surface area contributed by atoms with Gasteiger partial charge in [0, 0.05) is 23.6 Å². The maximum absolute atomic E-state index is 5.80. The first-order chi connectivity index (χ1) is 9.58. The van der Waals surface area contributed by atoms with Crippen molar-refractivity contribution >= 4 is 22.9 Å². The lowest BCUT2D eigenvalue weighted by atomic mass is 10.1. The Kier molecular flexibility index (Phi) is 4.69. The van der Waals surface area contributed by atoms with Crippen molar-refractivity contribution < 1.29 is 0 Å². The van der Waals surface area contributed by atoms with E-state index in [0.717, 1.165) is 35.6 Å². The summed E-state index contributed by atoms with van der Waals surface area (Å²) >= 11 is 5.12. The number of anilines is 1. The molecule has 1 aromatic carbocycles. The molecular weight excluding hydrogens is 266 g/mol. The van der Waals surface area contributed by atoms with E-state index < -0.39 is 0 Å². The van der Waals surface area contributed by atoms with E-state index in [1.807, 2.05) is 26.0 Å². The van der Waals surface area contributed by atoms with Crippen LogP contribution in [-0.4, -0.2) is 16.5 Å². The van der Waals surface area contributed by atoms with E-state index in [9.17, 15) is 0 Å². The smallest absolute Gasteiger partial charge is 0.107 e. The molecule has 0 saturated carbocycles. The molecule has 0 radical (unpaired) electrons. The SMILES string of the molecule is Cc1cc(NCCc2ccccc2)c(C(N)=S)c(C)n1. The number of hydrogen-bond acceptors (Lipinski definition) is 3. The van der Waals surface area contributed by atoms with Crippen molar-refractivity contribution in [3.63, 3.8) is 0 Å². The Labute approximate surface area is 125 Å². The second-order valence-corrected chi connectivity index (χ2v) is 5.24. The Morgan fingerprint density at radius 3 is 2.60 bits per heavy atom. The van der Waals surface area contributed by atoms with Gasteiger partial charge in [0.15, 0.2) is 0 Å². The Balaban J connectivity index is 2.11. The average molecular weight is 285 g/mol. The molecule has 0 unspecified atom stereocenters. The summed E-state index contributed by atoms with van der Waals surface area (Å²) in [5.74, 6) is 0. The molecule has 3 nitrogen and oxygen atoms in total. The summed E-state index contributed by atoms with van der Waals surface area (Å²) in [5, 5.41) is 3.42. The molecule has 0 saturated heterocycles. The fourth-order valence-electron chi connectivity index (χ4n) is 2.27. The van der Waals surface area contributed by atoms with Crippen molar-refractivity contribution in [2.75, 3.05) is 11.9 Å². The molecule has 0 spiro atoms. The first kappa shape index (κ1) is 14.5. The van der Waals surface area contributed by atoms with Crippen LogP contribution in [-0.2, 0) is 6.42 Å². The van der Waals surface area contributed by atoms with Gasteiger partial charge in [-0.25, -0.2) is 0 Å². The summed E-state index contributed by atoms with van der Waals surface area (Å²) in [6.45, 7) is 4.74. The fourth-order valence-corrected chi connectivity index (χ4v) is 2.52. The van der Waals surface area contributed by atoms with Crippen molar-refractivity contribution in [2.45, 2.75) is 20.3 Å². The number of rotatable bonds is 5. The third-order valence-corrected chi connectivity index (χ3v) is 3.35. The number of nitrogens with two attached hydrogens (primary N) is 1. The van der Waals surface area contributed by atoms with E-state index >= 15 is 0 Å². The first-order valence-corrected chi connectivity index (χ1v) is 7.04. The predicted octanol–water partition coefficient (Wildman–Crippen LogP) is 2.99. The van der Waals surface area contributed by atoms with Crippen molar-refractivity contribution in [2.24, 2.45) is 5.73 Å². The van der Waals surface area contributed by atoms with Crippen molar-refractivity contribution in [3.8, 4) is 0 Å². The summed E-state index contributed by atoms with van der Waals surface area (Å²) in [5.41, 5.74) is 10.8. The Hall–Kier alpha value is -1.94. The van der Waals surface area contributed by atoms with E-state index in [0.29, 0.717) is 4.99 Å². The molecule has 20 heavy (non-hydrogen) atoms. The zero-order chi connectivity index (χ0) is 14.5. The highest BCUT2D eigenvalue weighted by Crippen LogP contribution is 2.19. The van der Waals surface area contributed by atoms with Crippen LogP contribution in [0.3, 0.4) is 0 Å². The van der Waals surface area contributed by atoms with Crippen LogP contribution in [0, 0.1) is 13.8 Å². The molecule has 0 atom stereocenters. The minimum Gasteiger partial charge on any atom is -0.389 e. The van der Waals surface area contributed by atoms with Gasteiger partial charge in [0.2, 0.25) is 0 Å². The van der Waals surface area contributed by atoms with Crippen LogP contribution >= 0.6 is 12.2 Å². The molecule has 2 rings (SSSR count). The highest BCUT2D eigenvalue weighted by atomic mass is 32.1. The second kappa shape index (κ2) is 6.48. The molecule has 104 valence electrons. The lowest BCUT2D eigenvalue weighted by Gasteiger charge is -2.14. The van der Waals surface area contributed by atoms with E-state index in [2.05, 4.69) is 34.6 Å². The zero-order valence-electron chi connectivity index (χ0n) is 11.8. The molecule has 1 heterocycles. The van der Waals surface area contributed by atoms with Gasteiger partial charge in [0.25, 0.3) is 0 Å². The average Bonchev–Trinajstić information content (AvgIpc) is 2.38. The Bertz CT molecular complexity index is 609. The summed E-state index contributed by atoms with van der Waals surface area (Å²) in [7, 11) is 0. The third kappa shape index (κ3) is 3.54. The molecule has 0 aliphatic carbocycles. The van der Waals surface area contributed by atoms with Gasteiger partial charge in [-0.2, -0.15) is 0 Å². The largest absolute Gasteiger partial charge is 0.389 e. The molecule has 0 aliphatic heterocycles. The van der Waals surface area contributed by atoms with E-state index in [-0.39, 0.29) is 0 Å². The van der Waals surface area contributed by atoms with Gasteiger partial charge in [-0.3, -0.25) is 4.98 Å². The number of nitrogens with zero attached hydrogens (tertiary/aromatic N) is 1. The van der Waals surface area contributed by atoms with Crippen LogP contribution < -0.4 is 11.1 Å². The molecule has 0 fully saturated rings. The lowest BCUT2D eigenvalue weighted by molar-refractivity contribution is 1.01. The van der Waals surface area contributed by atoms with Crippen molar-refractivity contribution in [3.05, 3.63) is 58.9 Å². The van der Waals surface area contributed by atoms with Gasteiger partial charge in [-0.1, -0.05) is 42.5 Å². The number of aryl methyl sites for hydroxylation is 2. The summed E-state index contributed by atoms with van der Waals surface area (Å²) in [4.78, 5) is 4.80. The van der Waals surface area contributed by atoms with Gasteiger partial charge in [-0.15, -0.1) is 0 Å². The third-order valence-electron chi connectivity index (χ3n) is 3.15. The lowest BCUT2D eigenvalue weighted by Crippen LogP contribution is -2.17. The number of nitrogens with one attached hydrogen (secondary N) is 1. The predicted molar refractivity (Wildman–Crippen MR) is 88.2 cm³/mol. The van der Waals surface area contributed by atoms with Crippen LogP contribution in [0.4, 0.5) is 5.69 Å². The van der Waals surface area contributed by atoms with Gasteiger partial charge < -0.3 is 11.1 Å². The van der Waals surface area contributed by atoms with E-state index in [4.69, 9.17) is 18.0 Å². The van der Waals surface area contributed by atoms with E-state index in [1.54, 1.807) is 0 Å². The number of benzene rings is 1. The van der Waals surface area contributed by atoms with Crippen LogP contribution in [0.25, 0.3) is 0 Å². The van der Waals surface area contributed by atoms with Gasteiger partial charge in [-0.05, 0) is 31.9 Å². The molecule has 0 amide bonds. The second-order valence-electron chi connectivity index (χ2n) is 4.80. The normalized spacial score (nSPS) is 10.3. The molecular formula is C16H19N3S. The summed E-state index contributed by atoms with van der Waals surface area (Å²) < 4.78 is 0. The van der Waals surface area contributed by atoms with Crippen molar-refractivity contribution in [1.29, 1.82) is 0 Å². The minimum atomic E-state index is 0.386. The maximum Gasteiger partial charge on any atom is 0.107 e. The fraction of sp³-hybridized carbons (Fsp3) is 0.250. The Morgan fingerprint density at radius 2 is 1.95 bits per heavy atom. The van der Waals surface area contributed by atoms with Crippen LogP contribution in [0.1, 0.15) is 22.5 Å². The topological polar surface area (TPSA) is 50.9 Å². The monoisotopic (exact) mass is 285 g/mol. The highest BCUT2D eigenvalue weighted by Gasteiger charge is 2.10. The van der Waals surface area contributed by atoms with Crippen LogP contribution in [0.15, 0.2) is 36.4 Å². The molecule has 1 aromatic heterocycles.